The standard InChI is InChI=1S/C14H18FNO/c1-14(7-2-3-8-14)13(17)16-10-11-5-4-6-12(15)9-11/h4-6,9H,2-3,7-8,10H2,1H3,(H,16,17). The highest BCUT2D eigenvalue weighted by molar-refractivity contribution is 5.82. The SMILES string of the molecule is CC1(C(=O)NCc2cccc(F)c2)CCCC1. The molecule has 1 amide bonds. The van der Waals surface area contributed by atoms with Gasteiger partial charge < -0.3 is 5.32 Å². The van der Waals surface area contributed by atoms with Gasteiger partial charge >= 0.3 is 0 Å². The zero-order chi connectivity index (χ0) is 12.3. The van der Waals surface area contributed by atoms with E-state index in [4.69, 9.17) is 0 Å². The van der Waals surface area contributed by atoms with Crippen LogP contribution in [0.4, 0.5) is 4.39 Å². The molecule has 1 aliphatic rings. The fraction of sp³-hybridized carbons (Fsp3) is 0.500. The molecular weight excluding hydrogens is 217 g/mol. The van der Waals surface area contributed by atoms with Crippen LogP contribution in [-0.2, 0) is 11.3 Å². The molecule has 0 aliphatic heterocycles. The van der Waals surface area contributed by atoms with Gasteiger partial charge in [-0.1, -0.05) is 31.9 Å². The van der Waals surface area contributed by atoms with E-state index >= 15 is 0 Å². The Morgan fingerprint density at radius 3 is 2.76 bits per heavy atom. The molecule has 2 rings (SSSR count). The van der Waals surface area contributed by atoms with Gasteiger partial charge in [0.15, 0.2) is 0 Å². The van der Waals surface area contributed by atoms with E-state index in [2.05, 4.69) is 5.32 Å². The van der Waals surface area contributed by atoms with Crippen molar-refractivity contribution in [1.82, 2.24) is 5.32 Å². The van der Waals surface area contributed by atoms with Crippen molar-refractivity contribution in [1.29, 1.82) is 0 Å². The number of hydrogen-bond donors (Lipinski definition) is 1. The normalized spacial score (nSPS) is 18.0. The Kier molecular flexibility index (Phi) is 3.46. The zero-order valence-corrected chi connectivity index (χ0v) is 10.1. The van der Waals surface area contributed by atoms with Gasteiger partial charge in [0.05, 0.1) is 0 Å². The second kappa shape index (κ2) is 4.86. The first-order chi connectivity index (χ1) is 8.10. The van der Waals surface area contributed by atoms with Crippen molar-refractivity contribution in [2.24, 2.45) is 5.41 Å². The summed E-state index contributed by atoms with van der Waals surface area (Å²) in [5, 5.41) is 2.90. The average molecular weight is 235 g/mol. The molecule has 1 aromatic carbocycles. The monoisotopic (exact) mass is 235 g/mol. The van der Waals surface area contributed by atoms with E-state index in [0.717, 1.165) is 31.2 Å². The average Bonchev–Trinajstić information content (AvgIpc) is 2.74. The Morgan fingerprint density at radius 2 is 2.12 bits per heavy atom. The van der Waals surface area contributed by atoms with Crippen LogP contribution < -0.4 is 5.32 Å². The summed E-state index contributed by atoms with van der Waals surface area (Å²) in [7, 11) is 0. The predicted molar refractivity (Wildman–Crippen MR) is 64.8 cm³/mol. The minimum absolute atomic E-state index is 0.0965. The molecule has 1 aliphatic carbocycles. The highest BCUT2D eigenvalue weighted by atomic mass is 19.1. The predicted octanol–water partition coefficient (Wildman–Crippen LogP) is 3.02. The molecule has 0 saturated heterocycles. The van der Waals surface area contributed by atoms with Crippen LogP contribution in [0.2, 0.25) is 0 Å². The summed E-state index contributed by atoms with van der Waals surface area (Å²) in [4.78, 5) is 12.0. The number of rotatable bonds is 3. The first-order valence-corrected chi connectivity index (χ1v) is 6.13. The molecule has 3 heteroatoms. The van der Waals surface area contributed by atoms with Gasteiger partial charge in [-0.25, -0.2) is 4.39 Å². The Bertz CT molecular complexity index is 410. The highest BCUT2D eigenvalue weighted by Gasteiger charge is 2.35. The maximum atomic E-state index is 13.0. The molecule has 1 aromatic rings. The third kappa shape index (κ3) is 2.84. The smallest absolute Gasteiger partial charge is 0.226 e. The Hall–Kier alpha value is -1.38. The van der Waals surface area contributed by atoms with E-state index in [-0.39, 0.29) is 17.1 Å². The van der Waals surface area contributed by atoms with Gasteiger partial charge in [0, 0.05) is 12.0 Å². The summed E-state index contributed by atoms with van der Waals surface area (Å²) < 4.78 is 13.0. The fourth-order valence-electron chi connectivity index (χ4n) is 2.43. The molecule has 2 nitrogen and oxygen atoms in total. The molecule has 0 radical (unpaired) electrons. The summed E-state index contributed by atoms with van der Waals surface area (Å²) >= 11 is 0. The van der Waals surface area contributed by atoms with Crippen LogP contribution in [0, 0.1) is 11.2 Å². The van der Waals surface area contributed by atoms with Crippen molar-refractivity contribution in [3.63, 3.8) is 0 Å². The first-order valence-electron chi connectivity index (χ1n) is 6.13. The number of hydrogen-bond acceptors (Lipinski definition) is 1. The quantitative estimate of drug-likeness (QED) is 0.857. The molecule has 0 bridgehead atoms. The minimum Gasteiger partial charge on any atom is -0.352 e. The maximum Gasteiger partial charge on any atom is 0.226 e. The van der Waals surface area contributed by atoms with Crippen LogP contribution >= 0.6 is 0 Å². The van der Waals surface area contributed by atoms with E-state index in [0.29, 0.717) is 6.54 Å². The van der Waals surface area contributed by atoms with Crippen LogP contribution in [-0.4, -0.2) is 5.91 Å². The first kappa shape index (κ1) is 12.1. The number of halogens is 1. The fourth-order valence-corrected chi connectivity index (χ4v) is 2.43. The number of nitrogens with one attached hydrogen (secondary N) is 1. The molecule has 0 aromatic heterocycles. The highest BCUT2D eigenvalue weighted by Crippen LogP contribution is 2.37. The van der Waals surface area contributed by atoms with E-state index in [1.807, 2.05) is 13.0 Å². The molecule has 0 unspecified atom stereocenters. The van der Waals surface area contributed by atoms with Crippen LogP contribution in [0.1, 0.15) is 38.2 Å². The van der Waals surface area contributed by atoms with E-state index in [1.54, 1.807) is 6.07 Å². The summed E-state index contributed by atoms with van der Waals surface area (Å²) in [6.07, 6.45) is 4.18. The molecule has 0 atom stereocenters. The van der Waals surface area contributed by atoms with Crippen LogP contribution in [0.3, 0.4) is 0 Å². The number of amides is 1. The number of benzene rings is 1. The second-order valence-corrected chi connectivity index (χ2v) is 5.08. The van der Waals surface area contributed by atoms with Crippen molar-refractivity contribution in [2.45, 2.75) is 39.2 Å². The van der Waals surface area contributed by atoms with Crippen LogP contribution in [0.15, 0.2) is 24.3 Å². The lowest BCUT2D eigenvalue weighted by molar-refractivity contribution is -0.130. The lowest BCUT2D eigenvalue weighted by Gasteiger charge is -2.22. The van der Waals surface area contributed by atoms with Gasteiger partial charge in [-0.15, -0.1) is 0 Å². The molecule has 1 N–H and O–H groups in total. The molecule has 1 saturated carbocycles. The van der Waals surface area contributed by atoms with Crippen molar-refractivity contribution >= 4 is 5.91 Å². The van der Waals surface area contributed by atoms with Crippen molar-refractivity contribution < 1.29 is 9.18 Å². The lowest BCUT2D eigenvalue weighted by Crippen LogP contribution is -2.36. The summed E-state index contributed by atoms with van der Waals surface area (Å²) in [5.41, 5.74) is 0.591. The van der Waals surface area contributed by atoms with Crippen molar-refractivity contribution in [2.75, 3.05) is 0 Å². The van der Waals surface area contributed by atoms with Crippen molar-refractivity contribution in [3.05, 3.63) is 35.6 Å². The van der Waals surface area contributed by atoms with E-state index < -0.39 is 0 Å². The van der Waals surface area contributed by atoms with Gasteiger partial charge in [0.1, 0.15) is 5.82 Å². The van der Waals surface area contributed by atoms with Gasteiger partial charge in [-0.3, -0.25) is 4.79 Å². The van der Waals surface area contributed by atoms with Gasteiger partial charge in [0.25, 0.3) is 0 Å². The van der Waals surface area contributed by atoms with Gasteiger partial charge in [-0.2, -0.15) is 0 Å². The van der Waals surface area contributed by atoms with Gasteiger partial charge in [0.2, 0.25) is 5.91 Å². The Morgan fingerprint density at radius 1 is 1.41 bits per heavy atom. The minimum atomic E-state index is -0.260. The second-order valence-electron chi connectivity index (χ2n) is 5.08. The van der Waals surface area contributed by atoms with E-state index in [1.165, 1.54) is 12.1 Å². The molecule has 1 fully saturated rings. The third-order valence-electron chi connectivity index (χ3n) is 3.60. The zero-order valence-electron chi connectivity index (χ0n) is 10.1. The summed E-state index contributed by atoms with van der Waals surface area (Å²) in [6, 6.07) is 6.34. The number of carbonyl (C=O) groups excluding carboxylic acids is 1. The molecule has 0 spiro atoms. The topological polar surface area (TPSA) is 29.1 Å². The number of carbonyl (C=O) groups is 1. The maximum absolute atomic E-state index is 13.0. The molecule has 92 valence electrons. The van der Waals surface area contributed by atoms with Gasteiger partial charge in [-0.05, 0) is 30.5 Å². The summed E-state index contributed by atoms with van der Waals surface area (Å²) in [6.45, 7) is 2.42. The Labute approximate surface area is 101 Å². The molecular formula is C14H18FNO. The Balaban J connectivity index is 1.92. The van der Waals surface area contributed by atoms with Crippen molar-refractivity contribution in [3.8, 4) is 0 Å². The summed E-state index contributed by atoms with van der Waals surface area (Å²) in [5.74, 6) is -0.164. The van der Waals surface area contributed by atoms with Crippen LogP contribution in [0.5, 0.6) is 0 Å². The largest absolute Gasteiger partial charge is 0.352 e. The molecule has 17 heavy (non-hydrogen) atoms. The third-order valence-corrected chi connectivity index (χ3v) is 3.60. The lowest BCUT2D eigenvalue weighted by atomic mass is 9.88. The van der Waals surface area contributed by atoms with E-state index in [9.17, 15) is 9.18 Å². The molecule has 0 heterocycles. The van der Waals surface area contributed by atoms with Crippen LogP contribution in [0.25, 0.3) is 0 Å².